The molecule has 0 aliphatic rings. The highest BCUT2D eigenvalue weighted by Crippen LogP contribution is 2.18. The molecular formula is C16H17N5O3. The molecule has 0 bridgehead atoms. The fourth-order valence-corrected chi connectivity index (χ4v) is 2.27. The van der Waals surface area contributed by atoms with Gasteiger partial charge in [0, 0.05) is 36.6 Å². The molecule has 0 radical (unpaired) electrons. The van der Waals surface area contributed by atoms with E-state index in [1.165, 1.54) is 0 Å². The zero-order chi connectivity index (χ0) is 17.5. The van der Waals surface area contributed by atoms with Crippen LogP contribution in [0, 0.1) is 6.92 Å². The minimum Gasteiger partial charge on any atom is -0.483 e. The Morgan fingerprint density at radius 1 is 1.33 bits per heavy atom. The van der Waals surface area contributed by atoms with Crippen molar-refractivity contribution >= 4 is 29.1 Å². The second kappa shape index (κ2) is 7.82. The number of aryl methyl sites for hydroxylation is 2. The van der Waals surface area contributed by atoms with Gasteiger partial charge >= 0.3 is 0 Å². The standard InChI is InChI=1S/C15H15N5O.CH2O2/c1-10-12(9-20(2)19-10)8-13(21)18-15-14-11(5-7-17-15)4-3-6-16-14;2-1-3/h3-7,9H,8H2,1-2H3,(H,17,18,21);1H,(H,2,3). The Balaban J connectivity index is 0.000000647. The molecule has 0 fully saturated rings. The van der Waals surface area contributed by atoms with Crippen molar-refractivity contribution in [3.63, 3.8) is 0 Å². The van der Waals surface area contributed by atoms with E-state index in [2.05, 4.69) is 20.4 Å². The number of aromatic nitrogens is 4. The topological polar surface area (TPSA) is 110 Å². The molecule has 124 valence electrons. The number of pyridine rings is 2. The molecule has 8 nitrogen and oxygen atoms in total. The highest BCUT2D eigenvalue weighted by atomic mass is 16.3. The fourth-order valence-electron chi connectivity index (χ4n) is 2.27. The van der Waals surface area contributed by atoms with Crippen molar-refractivity contribution < 1.29 is 14.7 Å². The van der Waals surface area contributed by atoms with E-state index in [-0.39, 0.29) is 18.8 Å². The lowest BCUT2D eigenvalue weighted by molar-refractivity contribution is -0.123. The van der Waals surface area contributed by atoms with E-state index in [0.29, 0.717) is 11.3 Å². The molecule has 24 heavy (non-hydrogen) atoms. The average molecular weight is 327 g/mol. The minimum atomic E-state index is -0.250. The van der Waals surface area contributed by atoms with Crippen LogP contribution in [-0.4, -0.2) is 37.2 Å². The molecular weight excluding hydrogens is 310 g/mol. The number of nitrogens with one attached hydrogen (secondary N) is 1. The van der Waals surface area contributed by atoms with Crippen LogP contribution in [0.25, 0.3) is 10.9 Å². The molecule has 0 aliphatic carbocycles. The van der Waals surface area contributed by atoms with E-state index in [1.54, 1.807) is 17.1 Å². The van der Waals surface area contributed by atoms with Gasteiger partial charge in [0.25, 0.3) is 6.47 Å². The average Bonchev–Trinajstić information content (AvgIpc) is 2.86. The predicted octanol–water partition coefficient (Wildman–Crippen LogP) is 1.55. The van der Waals surface area contributed by atoms with Crippen LogP contribution < -0.4 is 5.32 Å². The molecule has 0 aromatic carbocycles. The van der Waals surface area contributed by atoms with Gasteiger partial charge in [-0.15, -0.1) is 0 Å². The summed E-state index contributed by atoms with van der Waals surface area (Å²) in [6, 6.07) is 5.65. The van der Waals surface area contributed by atoms with Crippen LogP contribution in [0.2, 0.25) is 0 Å². The van der Waals surface area contributed by atoms with Crippen molar-refractivity contribution in [2.75, 3.05) is 5.32 Å². The first-order chi connectivity index (χ1) is 11.5. The molecule has 3 aromatic heterocycles. The Morgan fingerprint density at radius 3 is 2.75 bits per heavy atom. The Morgan fingerprint density at radius 2 is 2.08 bits per heavy atom. The normalized spacial score (nSPS) is 9.92. The maximum atomic E-state index is 12.2. The number of nitrogens with zero attached hydrogens (tertiary/aromatic N) is 4. The van der Waals surface area contributed by atoms with Crippen molar-refractivity contribution in [1.29, 1.82) is 0 Å². The SMILES string of the molecule is Cc1nn(C)cc1CC(=O)Nc1nccc2cccnc12.O=CO. The largest absolute Gasteiger partial charge is 0.483 e. The van der Waals surface area contributed by atoms with E-state index in [9.17, 15) is 4.79 Å². The summed E-state index contributed by atoms with van der Waals surface area (Å²) in [4.78, 5) is 29.0. The van der Waals surface area contributed by atoms with Gasteiger partial charge in [-0.1, -0.05) is 6.07 Å². The summed E-state index contributed by atoms with van der Waals surface area (Å²) in [5, 5.41) is 14.9. The number of carbonyl (C=O) groups excluding carboxylic acids is 1. The number of amides is 1. The van der Waals surface area contributed by atoms with E-state index in [4.69, 9.17) is 9.90 Å². The molecule has 0 saturated heterocycles. The molecule has 3 heterocycles. The van der Waals surface area contributed by atoms with Crippen molar-refractivity contribution in [1.82, 2.24) is 19.7 Å². The Labute approximate surface area is 138 Å². The summed E-state index contributed by atoms with van der Waals surface area (Å²) in [5.41, 5.74) is 2.45. The number of rotatable bonds is 3. The van der Waals surface area contributed by atoms with E-state index in [1.807, 2.05) is 38.4 Å². The number of hydrogen-bond acceptors (Lipinski definition) is 5. The summed E-state index contributed by atoms with van der Waals surface area (Å²) >= 11 is 0. The molecule has 0 aliphatic heterocycles. The van der Waals surface area contributed by atoms with Crippen LogP contribution >= 0.6 is 0 Å². The quantitative estimate of drug-likeness (QED) is 0.706. The Bertz CT molecular complexity index is 855. The van der Waals surface area contributed by atoms with Gasteiger partial charge in [0.1, 0.15) is 5.52 Å². The highest BCUT2D eigenvalue weighted by Gasteiger charge is 2.11. The second-order valence-electron chi connectivity index (χ2n) is 4.98. The zero-order valence-corrected chi connectivity index (χ0v) is 13.3. The molecule has 8 heteroatoms. The predicted molar refractivity (Wildman–Crippen MR) is 88.5 cm³/mol. The monoisotopic (exact) mass is 327 g/mol. The van der Waals surface area contributed by atoms with E-state index < -0.39 is 0 Å². The molecule has 3 aromatic rings. The lowest BCUT2D eigenvalue weighted by atomic mass is 10.2. The van der Waals surface area contributed by atoms with Crippen LogP contribution in [0.15, 0.2) is 36.8 Å². The van der Waals surface area contributed by atoms with Crippen molar-refractivity contribution in [2.24, 2.45) is 7.05 Å². The molecule has 2 N–H and O–H groups in total. The van der Waals surface area contributed by atoms with Gasteiger partial charge < -0.3 is 10.4 Å². The molecule has 1 amide bonds. The number of anilines is 1. The third-order valence-corrected chi connectivity index (χ3v) is 3.24. The van der Waals surface area contributed by atoms with Gasteiger partial charge in [-0.3, -0.25) is 19.3 Å². The van der Waals surface area contributed by atoms with Crippen molar-refractivity contribution in [3.8, 4) is 0 Å². The molecule has 0 spiro atoms. The minimum absolute atomic E-state index is 0.128. The Kier molecular flexibility index (Phi) is 5.56. The van der Waals surface area contributed by atoms with Crippen LogP contribution in [0.4, 0.5) is 5.82 Å². The van der Waals surface area contributed by atoms with E-state index >= 15 is 0 Å². The second-order valence-corrected chi connectivity index (χ2v) is 4.98. The summed E-state index contributed by atoms with van der Waals surface area (Å²) < 4.78 is 1.70. The van der Waals surface area contributed by atoms with Crippen molar-refractivity contribution in [2.45, 2.75) is 13.3 Å². The van der Waals surface area contributed by atoms with Gasteiger partial charge in [0.15, 0.2) is 5.82 Å². The number of carbonyl (C=O) groups is 2. The van der Waals surface area contributed by atoms with Gasteiger partial charge in [0.2, 0.25) is 5.91 Å². The van der Waals surface area contributed by atoms with Crippen LogP contribution in [-0.2, 0) is 23.1 Å². The Hall–Kier alpha value is -3.29. The summed E-state index contributed by atoms with van der Waals surface area (Å²) in [7, 11) is 1.84. The third kappa shape index (κ3) is 4.13. The van der Waals surface area contributed by atoms with Crippen LogP contribution in [0.3, 0.4) is 0 Å². The highest BCUT2D eigenvalue weighted by molar-refractivity contribution is 5.99. The molecule has 0 atom stereocenters. The van der Waals surface area contributed by atoms with Crippen LogP contribution in [0.1, 0.15) is 11.3 Å². The van der Waals surface area contributed by atoms with E-state index in [0.717, 1.165) is 16.6 Å². The zero-order valence-electron chi connectivity index (χ0n) is 13.3. The first-order valence-corrected chi connectivity index (χ1v) is 7.11. The van der Waals surface area contributed by atoms with Crippen LogP contribution in [0.5, 0.6) is 0 Å². The lowest BCUT2D eigenvalue weighted by Crippen LogP contribution is -2.16. The third-order valence-electron chi connectivity index (χ3n) is 3.24. The number of hydrogen-bond donors (Lipinski definition) is 2. The summed E-state index contributed by atoms with van der Waals surface area (Å²) in [5.74, 6) is 0.358. The smallest absolute Gasteiger partial charge is 0.290 e. The van der Waals surface area contributed by atoms with Crippen molar-refractivity contribution in [3.05, 3.63) is 48.0 Å². The number of fused-ring (bicyclic) bond motifs is 1. The molecule has 0 saturated carbocycles. The van der Waals surface area contributed by atoms with Gasteiger partial charge in [0.05, 0.1) is 12.1 Å². The fraction of sp³-hybridized carbons (Fsp3) is 0.188. The maximum Gasteiger partial charge on any atom is 0.290 e. The first-order valence-electron chi connectivity index (χ1n) is 7.11. The number of carboxylic acid groups (broad SMARTS) is 1. The lowest BCUT2D eigenvalue weighted by Gasteiger charge is -2.06. The van der Waals surface area contributed by atoms with Gasteiger partial charge in [-0.05, 0) is 19.1 Å². The van der Waals surface area contributed by atoms with Gasteiger partial charge in [-0.2, -0.15) is 5.10 Å². The molecule has 3 rings (SSSR count). The summed E-state index contributed by atoms with van der Waals surface area (Å²) in [6.07, 6.45) is 5.47. The molecule has 0 unspecified atom stereocenters. The maximum absolute atomic E-state index is 12.2. The van der Waals surface area contributed by atoms with Gasteiger partial charge in [-0.25, -0.2) is 4.98 Å². The summed E-state index contributed by atoms with van der Waals surface area (Å²) in [6.45, 7) is 1.64. The first kappa shape index (κ1) is 17.1.